The molecule has 0 spiro atoms. The zero-order valence-corrected chi connectivity index (χ0v) is 14.9. The van der Waals surface area contributed by atoms with Gasteiger partial charge in [-0.15, -0.1) is 0 Å². The average molecular weight is 356 g/mol. The summed E-state index contributed by atoms with van der Waals surface area (Å²) in [4.78, 5) is 13.8. The largest absolute Gasteiger partial charge is 0.367 e. The second-order valence-electron chi connectivity index (χ2n) is 6.71. The van der Waals surface area contributed by atoms with Gasteiger partial charge in [-0.25, -0.2) is 4.98 Å². The molecule has 6 nitrogen and oxygen atoms in total. The number of rotatable bonds is 3. The Bertz CT molecular complexity index is 1040. The summed E-state index contributed by atoms with van der Waals surface area (Å²) in [7, 11) is 0. The van der Waals surface area contributed by atoms with Crippen molar-refractivity contribution in [3.63, 3.8) is 0 Å². The quantitative estimate of drug-likeness (QED) is 0.610. The minimum Gasteiger partial charge on any atom is -0.367 e. The summed E-state index contributed by atoms with van der Waals surface area (Å²) in [5, 5.41) is 8.14. The number of H-pyrrole nitrogens is 1. The van der Waals surface area contributed by atoms with E-state index in [1.54, 1.807) is 0 Å². The van der Waals surface area contributed by atoms with Crippen LogP contribution in [0.2, 0.25) is 0 Å². The highest BCUT2D eigenvalue weighted by Crippen LogP contribution is 2.30. The molecule has 1 aliphatic rings. The number of aromatic nitrogens is 4. The van der Waals surface area contributed by atoms with E-state index < -0.39 is 0 Å². The van der Waals surface area contributed by atoms with Crippen LogP contribution in [-0.2, 0) is 0 Å². The molecule has 4 heterocycles. The van der Waals surface area contributed by atoms with E-state index >= 15 is 0 Å². The van der Waals surface area contributed by atoms with Crippen LogP contribution in [0.1, 0.15) is 0 Å². The van der Waals surface area contributed by atoms with Crippen LogP contribution < -0.4 is 9.80 Å². The van der Waals surface area contributed by atoms with E-state index in [9.17, 15) is 0 Å². The lowest BCUT2D eigenvalue weighted by Crippen LogP contribution is -2.46. The van der Waals surface area contributed by atoms with Crippen molar-refractivity contribution in [3.8, 4) is 11.1 Å². The molecule has 0 saturated carbocycles. The molecular formula is C21H20N6. The minimum absolute atomic E-state index is 0.961. The van der Waals surface area contributed by atoms with Gasteiger partial charge in [0.05, 0.1) is 11.7 Å². The summed E-state index contributed by atoms with van der Waals surface area (Å²) in [6.07, 6.45) is 7.53. The van der Waals surface area contributed by atoms with Crippen LogP contribution in [0.15, 0.2) is 67.3 Å². The summed E-state index contributed by atoms with van der Waals surface area (Å²) < 4.78 is 0. The molecule has 0 aliphatic carbocycles. The Balaban J connectivity index is 1.44. The van der Waals surface area contributed by atoms with Crippen molar-refractivity contribution < 1.29 is 0 Å². The first-order chi connectivity index (χ1) is 13.4. The molecule has 27 heavy (non-hydrogen) atoms. The third-order valence-electron chi connectivity index (χ3n) is 5.14. The Morgan fingerprint density at radius 3 is 2.48 bits per heavy atom. The number of hydrogen-bond acceptors (Lipinski definition) is 5. The van der Waals surface area contributed by atoms with Crippen molar-refractivity contribution in [3.05, 3.63) is 67.3 Å². The molecule has 0 bridgehead atoms. The molecule has 0 radical (unpaired) electrons. The summed E-state index contributed by atoms with van der Waals surface area (Å²) in [5.41, 5.74) is 4.50. The number of nitrogens with zero attached hydrogens (tertiary/aromatic N) is 5. The maximum atomic E-state index is 4.55. The second kappa shape index (κ2) is 6.72. The van der Waals surface area contributed by atoms with E-state index in [2.05, 4.69) is 60.3 Å². The van der Waals surface area contributed by atoms with Gasteiger partial charge in [-0.05, 0) is 35.9 Å². The van der Waals surface area contributed by atoms with Gasteiger partial charge < -0.3 is 9.80 Å². The highest BCUT2D eigenvalue weighted by Gasteiger charge is 2.20. The summed E-state index contributed by atoms with van der Waals surface area (Å²) in [6, 6.07) is 14.6. The molecule has 1 aliphatic heterocycles. The van der Waals surface area contributed by atoms with E-state index in [-0.39, 0.29) is 0 Å². The standard InChI is InChI=1S/C21H20N6/c1-2-7-23-21(3-1)27-11-9-26(10-12-27)20-6-8-22-19-5-4-16(13-18(19)20)17-14-24-25-15-17/h1-8,13-15H,9-12H2,(H,24,25). The van der Waals surface area contributed by atoms with Crippen molar-refractivity contribution in [1.82, 2.24) is 20.2 Å². The average Bonchev–Trinajstić information content (AvgIpc) is 3.29. The van der Waals surface area contributed by atoms with E-state index in [4.69, 9.17) is 0 Å². The van der Waals surface area contributed by atoms with Crippen LogP contribution >= 0.6 is 0 Å². The van der Waals surface area contributed by atoms with Crippen LogP contribution in [0.4, 0.5) is 11.5 Å². The van der Waals surface area contributed by atoms with Crippen LogP contribution in [0.3, 0.4) is 0 Å². The normalized spacial score (nSPS) is 14.7. The number of hydrogen-bond donors (Lipinski definition) is 1. The van der Waals surface area contributed by atoms with E-state index in [0.717, 1.165) is 48.6 Å². The fourth-order valence-electron chi connectivity index (χ4n) is 3.71. The van der Waals surface area contributed by atoms with E-state index in [1.807, 2.05) is 36.9 Å². The fraction of sp³-hybridized carbons (Fsp3) is 0.190. The molecule has 6 heteroatoms. The molecule has 1 aromatic carbocycles. The van der Waals surface area contributed by atoms with Gasteiger partial charge >= 0.3 is 0 Å². The van der Waals surface area contributed by atoms with Gasteiger partial charge in [-0.1, -0.05) is 12.1 Å². The van der Waals surface area contributed by atoms with E-state index in [0.29, 0.717) is 0 Å². The molecule has 1 saturated heterocycles. The van der Waals surface area contributed by atoms with Gasteiger partial charge in [-0.2, -0.15) is 5.10 Å². The summed E-state index contributed by atoms with van der Waals surface area (Å²) in [5.74, 6) is 1.05. The predicted molar refractivity (Wildman–Crippen MR) is 108 cm³/mol. The van der Waals surface area contributed by atoms with Crippen LogP contribution in [0.5, 0.6) is 0 Å². The first kappa shape index (κ1) is 15.8. The lowest BCUT2D eigenvalue weighted by Gasteiger charge is -2.37. The molecule has 0 atom stereocenters. The molecule has 1 N–H and O–H groups in total. The molecule has 134 valence electrons. The van der Waals surface area contributed by atoms with Gasteiger partial charge in [-0.3, -0.25) is 10.1 Å². The monoisotopic (exact) mass is 356 g/mol. The third-order valence-corrected chi connectivity index (χ3v) is 5.14. The maximum absolute atomic E-state index is 4.55. The van der Waals surface area contributed by atoms with Gasteiger partial charge in [0.25, 0.3) is 0 Å². The van der Waals surface area contributed by atoms with Crippen molar-refractivity contribution in [2.24, 2.45) is 0 Å². The van der Waals surface area contributed by atoms with Gasteiger partial charge in [0.15, 0.2) is 0 Å². The topological polar surface area (TPSA) is 60.9 Å². The number of pyridine rings is 2. The summed E-state index contributed by atoms with van der Waals surface area (Å²) >= 11 is 0. The van der Waals surface area contributed by atoms with Gasteiger partial charge in [0.2, 0.25) is 0 Å². The molecule has 0 unspecified atom stereocenters. The highest BCUT2D eigenvalue weighted by atomic mass is 15.3. The predicted octanol–water partition coefficient (Wildman–Crippen LogP) is 3.35. The number of anilines is 2. The Kier molecular flexibility index (Phi) is 3.93. The lowest BCUT2D eigenvalue weighted by molar-refractivity contribution is 0.649. The minimum atomic E-state index is 0.961. The zero-order chi connectivity index (χ0) is 18.1. The van der Waals surface area contributed by atoms with Crippen molar-refractivity contribution >= 4 is 22.4 Å². The first-order valence-electron chi connectivity index (χ1n) is 9.17. The lowest BCUT2D eigenvalue weighted by atomic mass is 10.0. The maximum Gasteiger partial charge on any atom is 0.128 e. The number of benzene rings is 1. The Morgan fingerprint density at radius 2 is 1.70 bits per heavy atom. The van der Waals surface area contributed by atoms with Crippen molar-refractivity contribution in [2.75, 3.05) is 36.0 Å². The van der Waals surface area contributed by atoms with E-state index in [1.165, 1.54) is 11.1 Å². The van der Waals surface area contributed by atoms with Crippen molar-refractivity contribution in [2.45, 2.75) is 0 Å². The summed E-state index contributed by atoms with van der Waals surface area (Å²) in [6.45, 7) is 3.85. The number of piperazine rings is 1. The molecule has 1 fully saturated rings. The molecular weight excluding hydrogens is 336 g/mol. The second-order valence-corrected chi connectivity index (χ2v) is 6.71. The first-order valence-corrected chi connectivity index (χ1v) is 9.17. The Hall–Kier alpha value is -3.41. The van der Waals surface area contributed by atoms with Crippen LogP contribution in [0.25, 0.3) is 22.0 Å². The third kappa shape index (κ3) is 2.99. The zero-order valence-electron chi connectivity index (χ0n) is 14.9. The molecule has 4 aromatic rings. The number of aromatic amines is 1. The van der Waals surface area contributed by atoms with Crippen molar-refractivity contribution in [1.29, 1.82) is 0 Å². The Labute approximate surface area is 157 Å². The van der Waals surface area contributed by atoms with Crippen LogP contribution in [-0.4, -0.2) is 46.3 Å². The fourth-order valence-corrected chi connectivity index (χ4v) is 3.71. The Morgan fingerprint density at radius 1 is 0.815 bits per heavy atom. The molecule has 5 rings (SSSR count). The van der Waals surface area contributed by atoms with Gasteiger partial charge in [0.1, 0.15) is 5.82 Å². The van der Waals surface area contributed by atoms with Crippen LogP contribution in [0, 0.1) is 0 Å². The molecule has 3 aromatic heterocycles. The number of fused-ring (bicyclic) bond motifs is 1. The van der Waals surface area contributed by atoms with Gasteiger partial charge in [0, 0.05) is 61.4 Å². The number of nitrogens with one attached hydrogen (secondary N) is 1. The highest BCUT2D eigenvalue weighted by molar-refractivity contribution is 5.94. The smallest absolute Gasteiger partial charge is 0.128 e. The SMILES string of the molecule is c1ccc(N2CCN(c3ccnc4ccc(-c5cn[nH]c5)cc34)CC2)nc1. The molecule has 0 amide bonds.